The molecule has 0 atom stereocenters. The molecule has 0 saturated heterocycles. The highest BCUT2D eigenvalue weighted by atomic mass is 16.5. The summed E-state index contributed by atoms with van der Waals surface area (Å²) in [5, 5.41) is 23.5. The van der Waals surface area contributed by atoms with Gasteiger partial charge in [0.05, 0.1) is 0 Å². The fourth-order valence-electron chi connectivity index (χ4n) is 2.06. The van der Waals surface area contributed by atoms with Crippen molar-refractivity contribution in [3.8, 4) is 23.0 Å². The zero-order valence-electron chi connectivity index (χ0n) is 11.4. The Morgan fingerprint density at radius 1 is 1.00 bits per heavy atom. The second kappa shape index (κ2) is 5.28. The van der Waals surface area contributed by atoms with E-state index in [-0.39, 0.29) is 23.0 Å². The lowest BCUT2D eigenvalue weighted by Crippen LogP contribution is -1.91. The van der Waals surface area contributed by atoms with Crippen molar-refractivity contribution < 1.29 is 14.7 Å². The van der Waals surface area contributed by atoms with Crippen LogP contribution in [-0.2, 0) is 6.42 Å². The van der Waals surface area contributed by atoms with E-state index in [1.54, 1.807) is 0 Å². The lowest BCUT2D eigenvalue weighted by atomic mass is 10.1. The number of hydrogen-bond donors (Lipinski definition) is 2. The third-order valence-electron chi connectivity index (χ3n) is 3.19. The van der Waals surface area contributed by atoms with E-state index in [0.29, 0.717) is 12.2 Å². The van der Waals surface area contributed by atoms with Gasteiger partial charge in [-0.15, -0.1) is 0 Å². The minimum atomic E-state index is -0.0967. The SMILES string of the molecule is Cc1ccc(Cc2noc(-c3c(O)cccc3O)n2)cc1. The van der Waals surface area contributed by atoms with Crippen LogP contribution in [0, 0.1) is 6.92 Å². The molecule has 0 fully saturated rings. The molecule has 0 saturated carbocycles. The van der Waals surface area contributed by atoms with Crippen LogP contribution in [0.25, 0.3) is 11.5 Å². The maximum atomic E-state index is 9.79. The number of rotatable bonds is 3. The van der Waals surface area contributed by atoms with Gasteiger partial charge in [0, 0.05) is 6.42 Å². The van der Waals surface area contributed by atoms with E-state index in [1.807, 2.05) is 31.2 Å². The molecule has 21 heavy (non-hydrogen) atoms. The molecule has 0 amide bonds. The molecule has 3 rings (SSSR count). The van der Waals surface area contributed by atoms with Gasteiger partial charge in [-0.3, -0.25) is 0 Å². The van der Waals surface area contributed by atoms with Crippen molar-refractivity contribution in [3.05, 3.63) is 59.4 Å². The standard InChI is InChI=1S/C16H14N2O3/c1-10-5-7-11(8-6-10)9-14-17-16(21-18-14)15-12(19)3-2-4-13(15)20/h2-8,19-20H,9H2,1H3. The van der Waals surface area contributed by atoms with Crippen molar-refractivity contribution in [3.63, 3.8) is 0 Å². The van der Waals surface area contributed by atoms with E-state index in [1.165, 1.54) is 23.8 Å². The molecule has 5 nitrogen and oxygen atoms in total. The predicted octanol–water partition coefficient (Wildman–Crippen LogP) is 3.05. The summed E-state index contributed by atoms with van der Waals surface area (Å²) in [6, 6.07) is 12.5. The Hall–Kier alpha value is -2.82. The number of benzene rings is 2. The van der Waals surface area contributed by atoms with Gasteiger partial charge in [-0.2, -0.15) is 4.98 Å². The Morgan fingerprint density at radius 2 is 1.67 bits per heavy atom. The highest BCUT2D eigenvalue weighted by Crippen LogP contribution is 2.35. The summed E-state index contributed by atoms with van der Waals surface area (Å²) in [4.78, 5) is 4.22. The van der Waals surface area contributed by atoms with Gasteiger partial charge in [0.15, 0.2) is 5.82 Å². The first-order chi connectivity index (χ1) is 10.1. The normalized spacial score (nSPS) is 10.7. The van der Waals surface area contributed by atoms with Gasteiger partial charge in [0.2, 0.25) is 0 Å². The highest BCUT2D eigenvalue weighted by Gasteiger charge is 2.17. The molecule has 5 heteroatoms. The summed E-state index contributed by atoms with van der Waals surface area (Å²) < 4.78 is 5.13. The number of aryl methyl sites for hydroxylation is 1. The summed E-state index contributed by atoms with van der Waals surface area (Å²) in [7, 11) is 0. The van der Waals surface area contributed by atoms with Gasteiger partial charge in [-0.1, -0.05) is 41.1 Å². The maximum Gasteiger partial charge on any atom is 0.265 e. The summed E-state index contributed by atoms with van der Waals surface area (Å²) in [5.74, 6) is 0.408. The van der Waals surface area contributed by atoms with Crippen molar-refractivity contribution in [2.45, 2.75) is 13.3 Å². The molecule has 0 aliphatic carbocycles. The molecule has 2 aromatic carbocycles. The number of phenolic OH excluding ortho intramolecular Hbond substituents is 2. The van der Waals surface area contributed by atoms with Crippen LogP contribution >= 0.6 is 0 Å². The van der Waals surface area contributed by atoms with Crippen LogP contribution in [0.2, 0.25) is 0 Å². The average molecular weight is 282 g/mol. The van der Waals surface area contributed by atoms with Crippen LogP contribution in [0.5, 0.6) is 11.5 Å². The first kappa shape index (κ1) is 13.2. The van der Waals surface area contributed by atoms with E-state index < -0.39 is 0 Å². The minimum absolute atomic E-state index is 0.0967. The van der Waals surface area contributed by atoms with Crippen molar-refractivity contribution in [2.75, 3.05) is 0 Å². The zero-order chi connectivity index (χ0) is 14.8. The average Bonchev–Trinajstić information content (AvgIpc) is 2.89. The number of phenols is 2. The van der Waals surface area contributed by atoms with Crippen LogP contribution < -0.4 is 0 Å². The molecule has 0 spiro atoms. The fourth-order valence-corrected chi connectivity index (χ4v) is 2.06. The largest absolute Gasteiger partial charge is 0.507 e. The van der Waals surface area contributed by atoms with E-state index >= 15 is 0 Å². The molecular formula is C16H14N2O3. The second-order valence-corrected chi connectivity index (χ2v) is 4.85. The van der Waals surface area contributed by atoms with Crippen molar-refractivity contribution >= 4 is 0 Å². The van der Waals surface area contributed by atoms with E-state index in [2.05, 4.69) is 10.1 Å². The van der Waals surface area contributed by atoms with Crippen LogP contribution in [0.4, 0.5) is 0 Å². The Bertz CT molecular complexity index is 743. The quantitative estimate of drug-likeness (QED) is 0.771. The predicted molar refractivity (Wildman–Crippen MR) is 77.0 cm³/mol. The molecular weight excluding hydrogens is 268 g/mol. The molecule has 0 bridgehead atoms. The molecule has 0 aliphatic heterocycles. The Kier molecular flexibility index (Phi) is 3.31. The van der Waals surface area contributed by atoms with Gasteiger partial charge < -0.3 is 14.7 Å². The fraction of sp³-hybridized carbons (Fsp3) is 0.125. The molecule has 3 aromatic rings. The lowest BCUT2D eigenvalue weighted by molar-refractivity contribution is 0.410. The Labute approximate surface area is 121 Å². The van der Waals surface area contributed by atoms with Crippen LogP contribution in [0.3, 0.4) is 0 Å². The first-order valence-electron chi connectivity index (χ1n) is 6.53. The summed E-state index contributed by atoms with van der Waals surface area (Å²) in [6.45, 7) is 2.02. The second-order valence-electron chi connectivity index (χ2n) is 4.85. The van der Waals surface area contributed by atoms with Gasteiger partial charge in [-0.05, 0) is 24.6 Å². The third-order valence-corrected chi connectivity index (χ3v) is 3.19. The number of aromatic nitrogens is 2. The van der Waals surface area contributed by atoms with Crippen LogP contribution in [-0.4, -0.2) is 20.4 Å². The Morgan fingerprint density at radius 3 is 2.33 bits per heavy atom. The van der Waals surface area contributed by atoms with E-state index in [9.17, 15) is 10.2 Å². The van der Waals surface area contributed by atoms with Crippen molar-refractivity contribution in [1.82, 2.24) is 10.1 Å². The summed E-state index contributed by atoms with van der Waals surface area (Å²) >= 11 is 0. The molecule has 0 radical (unpaired) electrons. The maximum absolute atomic E-state index is 9.79. The topological polar surface area (TPSA) is 79.4 Å². The number of hydrogen-bond acceptors (Lipinski definition) is 5. The van der Waals surface area contributed by atoms with Gasteiger partial charge >= 0.3 is 0 Å². The minimum Gasteiger partial charge on any atom is -0.507 e. The Balaban J connectivity index is 1.88. The zero-order valence-corrected chi connectivity index (χ0v) is 11.4. The van der Waals surface area contributed by atoms with Crippen LogP contribution in [0.1, 0.15) is 17.0 Å². The van der Waals surface area contributed by atoms with Gasteiger partial charge in [-0.25, -0.2) is 0 Å². The van der Waals surface area contributed by atoms with Crippen LogP contribution in [0.15, 0.2) is 47.0 Å². The highest BCUT2D eigenvalue weighted by molar-refractivity contribution is 5.69. The molecule has 1 aromatic heterocycles. The third kappa shape index (κ3) is 2.72. The smallest absolute Gasteiger partial charge is 0.265 e. The molecule has 0 unspecified atom stereocenters. The number of nitrogens with zero attached hydrogens (tertiary/aromatic N) is 2. The molecule has 106 valence electrons. The lowest BCUT2D eigenvalue weighted by Gasteiger charge is -2.01. The number of aromatic hydroxyl groups is 2. The van der Waals surface area contributed by atoms with Crippen molar-refractivity contribution in [1.29, 1.82) is 0 Å². The van der Waals surface area contributed by atoms with E-state index in [0.717, 1.165) is 5.56 Å². The molecule has 0 aliphatic rings. The van der Waals surface area contributed by atoms with Gasteiger partial charge in [0.1, 0.15) is 17.1 Å². The monoisotopic (exact) mass is 282 g/mol. The first-order valence-corrected chi connectivity index (χ1v) is 6.53. The summed E-state index contributed by atoms with van der Waals surface area (Å²) in [6.07, 6.45) is 0.526. The van der Waals surface area contributed by atoms with Crippen molar-refractivity contribution in [2.24, 2.45) is 0 Å². The molecule has 1 heterocycles. The van der Waals surface area contributed by atoms with E-state index in [4.69, 9.17) is 4.52 Å². The summed E-state index contributed by atoms with van der Waals surface area (Å²) in [5.41, 5.74) is 2.40. The van der Waals surface area contributed by atoms with Gasteiger partial charge in [0.25, 0.3) is 5.89 Å². The molecule has 2 N–H and O–H groups in total.